The Kier molecular flexibility index (Phi) is 6.44. The minimum absolute atomic E-state index is 0.0427. The number of carbonyl (C=O) groups is 1. The number of methoxy groups -OCH3 is 1. The van der Waals surface area contributed by atoms with Crippen LogP contribution in [0.15, 0.2) is 47.7 Å². The first-order valence-corrected chi connectivity index (χ1v) is 11.8. The molecule has 3 aromatic rings. The van der Waals surface area contributed by atoms with Crippen LogP contribution in [0.1, 0.15) is 47.4 Å². The monoisotopic (exact) mass is 463 g/mol. The molecule has 0 atom stereocenters. The van der Waals surface area contributed by atoms with Gasteiger partial charge in [0.1, 0.15) is 11.3 Å². The fourth-order valence-corrected chi connectivity index (χ4v) is 4.94. The van der Waals surface area contributed by atoms with Crippen molar-refractivity contribution in [3.8, 4) is 11.7 Å². The van der Waals surface area contributed by atoms with Crippen LogP contribution in [-0.2, 0) is 24.2 Å². The number of nitrogens with zero attached hydrogens (tertiary/aromatic N) is 5. The molecular weight excluding hydrogens is 434 g/mol. The van der Waals surface area contributed by atoms with Gasteiger partial charge in [0.15, 0.2) is 0 Å². The van der Waals surface area contributed by atoms with Crippen LogP contribution in [0.4, 0.5) is 0 Å². The van der Waals surface area contributed by atoms with Gasteiger partial charge in [-0.2, -0.15) is 0 Å². The summed E-state index contributed by atoms with van der Waals surface area (Å²) in [5, 5.41) is 0. The molecule has 178 valence electrons. The zero-order valence-electron chi connectivity index (χ0n) is 19.4. The number of rotatable bonds is 6. The molecular formula is C25H29N5O4. The smallest absolute Gasteiger partial charge is 0.343 e. The fourth-order valence-electron chi connectivity index (χ4n) is 4.94. The molecule has 1 aliphatic heterocycles. The maximum absolute atomic E-state index is 13.0. The molecule has 2 aliphatic rings. The van der Waals surface area contributed by atoms with E-state index in [-0.39, 0.29) is 11.7 Å². The SMILES string of the molecule is COC(=O)c1c(OC2CCCC2)cc(=O)n2c1CCN(Cc1cccn1-c1ncccn1)CC2. The fraction of sp³-hybridized carbons (Fsp3) is 0.440. The predicted octanol–water partition coefficient (Wildman–Crippen LogP) is 2.60. The van der Waals surface area contributed by atoms with Gasteiger partial charge in [-0.1, -0.05) is 0 Å². The highest BCUT2D eigenvalue weighted by Crippen LogP contribution is 2.29. The van der Waals surface area contributed by atoms with Crippen molar-refractivity contribution >= 4 is 5.97 Å². The number of fused-ring (bicyclic) bond motifs is 1. The lowest BCUT2D eigenvalue weighted by molar-refractivity contribution is 0.0590. The lowest BCUT2D eigenvalue weighted by Gasteiger charge is -2.20. The third kappa shape index (κ3) is 4.48. The molecule has 1 aliphatic carbocycles. The maximum atomic E-state index is 13.0. The van der Waals surface area contributed by atoms with Gasteiger partial charge in [0.25, 0.3) is 5.56 Å². The summed E-state index contributed by atoms with van der Waals surface area (Å²) in [7, 11) is 1.37. The third-order valence-corrected chi connectivity index (χ3v) is 6.66. The van der Waals surface area contributed by atoms with E-state index in [0.717, 1.165) is 31.4 Å². The summed E-state index contributed by atoms with van der Waals surface area (Å²) in [4.78, 5) is 36.8. The van der Waals surface area contributed by atoms with Crippen molar-refractivity contribution in [3.63, 3.8) is 0 Å². The third-order valence-electron chi connectivity index (χ3n) is 6.66. The normalized spacial score (nSPS) is 16.7. The van der Waals surface area contributed by atoms with Crippen molar-refractivity contribution in [2.24, 2.45) is 0 Å². The summed E-state index contributed by atoms with van der Waals surface area (Å²) in [6.07, 6.45) is 10.1. The van der Waals surface area contributed by atoms with Crippen LogP contribution in [0, 0.1) is 0 Å². The highest BCUT2D eigenvalue weighted by Gasteiger charge is 2.28. The molecule has 0 aromatic carbocycles. The van der Waals surface area contributed by atoms with Gasteiger partial charge in [-0.25, -0.2) is 14.8 Å². The molecule has 9 nitrogen and oxygen atoms in total. The summed E-state index contributed by atoms with van der Waals surface area (Å²) < 4.78 is 14.9. The second-order valence-corrected chi connectivity index (χ2v) is 8.78. The van der Waals surface area contributed by atoms with Gasteiger partial charge in [-0.3, -0.25) is 14.3 Å². The highest BCUT2D eigenvalue weighted by atomic mass is 16.5. The highest BCUT2D eigenvalue weighted by molar-refractivity contribution is 5.93. The lowest BCUT2D eigenvalue weighted by atomic mass is 10.1. The number of aromatic nitrogens is 4. The van der Waals surface area contributed by atoms with Crippen LogP contribution in [0.25, 0.3) is 5.95 Å². The van der Waals surface area contributed by atoms with Crippen LogP contribution >= 0.6 is 0 Å². The Bertz CT molecular complexity index is 1210. The quantitative estimate of drug-likeness (QED) is 0.519. The van der Waals surface area contributed by atoms with Crippen molar-refractivity contribution in [1.82, 2.24) is 24.0 Å². The standard InChI is InChI=1S/C25H29N5O4/c1-33-24(32)23-20-9-13-28(17-18-6-4-12-29(18)25-26-10-5-11-27-25)14-15-30(20)22(31)16-21(23)34-19-7-2-3-8-19/h4-6,10-12,16,19H,2-3,7-9,13-15,17H2,1H3. The Morgan fingerprint density at radius 2 is 1.91 bits per heavy atom. The maximum Gasteiger partial charge on any atom is 0.343 e. The van der Waals surface area contributed by atoms with Gasteiger partial charge < -0.3 is 14.0 Å². The number of carbonyl (C=O) groups excluding carboxylic acids is 1. The molecule has 0 unspecified atom stereocenters. The van der Waals surface area contributed by atoms with Crippen LogP contribution < -0.4 is 10.3 Å². The number of hydrogen-bond donors (Lipinski definition) is 0. The number of esters is 1. The summed E-state index contributed by atoms with van der Waals surface area (Å²) in [6, 6.07) is 7.28. The van der Waals surface area contributed by atoms with Gasteiger partial charge in [-0.15, -0.1) is 0 Å². The molecule has 0 amide bonds. The molecule has 5 rings (SSSR count). The summed E-state index contributed by atoms with van der Waals surface area (Å²) >= 11 is 0. The molecule has 0 radical (unpaired) electrons. The average Bonchev–Trinajstić information content (AvgIpc) is 3.49. The topological polar surface area (TPSA) is 91.5 Å². The van der Waals surface area contributed by atoms with Crippen molar-refractivity contribution < 1.29 is 14.3 Å². The van der Waals surface area contributed by atoms with E-state index >= 15 is 0 Å². The van der Waals surface area contributed by atoms with E-state index in [9.17, 15) is 9.59 Å². The second-order valence-electron chi connectivity index (χ2n) is 8.78. The number of ether oxygens (including phenoxy) is 2. The largest absolute Gasteiger partial charge is 0.489 e. The van der Waals surface area contributed by atoms with Crippen molar-refractivity contribution in [2.75, 3.05) is 20.2 Å². The van der Waals surface area contributed by atoms with E-state index < -0.39 is 5.97 Å². The van der Waals surface area contributed by atoms with E-state index in [1.165, 1.54) is 13.2 Å². The minimum Gasteiger partial charge on any atom is -0.489 e. The molecule has 1 fully saturated rings. The predicted molar refractivity (Wildman–Crippen MR) is 125 cm³/mol. The van der Waals surface area contributed by atoms with Gasteiger partial charge in [0, 0.05) is 68.6 Å². The van der Waals surface area contributed by atoms with Crippen molar-refractivity contribution in [1.29, 1.82) is 0 Å². The van der Waals surface area contributed by atoms with E-state index in [0.29, 0.717) is 55.6 Å². The number of pyridine rings is 1. The molecule has 0 saturated heterocycles. The summed E-state index contributed by atoms with van der Waals surface area (Å²) in [5.41, 5.74) is 2.00. The Morgan fingerprint density at radius 3 is 2.68 bits per heavy atom. The first-order chi connectivity index (χ1) is 16.6. The van der Waals surface area contributed by atoms with E-state index in [1.807, 2.05) is 22.9 Å². The van der Waals surface area contributed by atoms with Gasteiger partial charge >= 0.3 is 5.97 Å². The van der Waals surface area contributed by atoms with Crippen LogP contribution in [-0.4, -0.2) is 56.3 Å². The Morgan fingerprint density at radius 1 is 1.12 bits per heavy atom. The van der Waals surface area contributed by atoms with Gasteiger partial charge in [0.05, 0.1) is 13.2 Å². The minimum atomic E-state index is -0.458. The van der Waals surface area contributed by atoms with Crippen LogP contribution in [0.3, 0.4) is 0 Å². The zero-order chi connectivity index (χ0) is 23.5. The van der Waals surface area contributed by atoms with Gasteiger partial charge in [-0.05, 0) is 43.9 Å². The van der Waals surface area contributed by atoms with E-state index in [1.54, 1.807) is 23.0 Å². The first kappa shape index (κ1) is 22.3. The van der Waals surface area contributed by atoms with E-state index in [4.69, 9.17) is 9.47 Å². The lowest BCUT2D eigenvalue weighted by Crippen LogP contribution is -2.30. The zero-order valence-corrected chi connectivity index (χ0v) is 19.4. The Hall–Kier alpha value is -3.46. The summed E-state index contributed by atoms with van der Waals surface area (Å²) in [5.74, 6) is 0.525. The van der Waals surface area contributed by atoms with Gasteiger partial charge in [0.2, 0.25) is 5.95 Å². The van der Waals surface area contributed by atoms with Crippen LogP contribution in [0.5, 0.6) is 5.75 Å². The molecule has 0 spiro atoms. The Balaban J connectivity index is 1.41. The molecule has 9 heteroatoms. The van der Waals surface area contributed by atoms with Crippen molar-refractivity contribution in [2.45, 2.75) is 51.3 Å². The molecule has 4 heterocycles. The molecule has 1 saturated carbocycles. The Labute approximate surface area is 198 Å². The molecule has 3 aromatic heterocycles. The van der Waals surface area contributed by atoms with E-state index in [2.05, 4.69) is 14.9 Å². The molecule has 0 N–H and O–H groups in total. The first-order valence-electron chi connectivity index (χ1n) is 11.8. The molecule has 0 bridgehead atoms. The van der Waals surface area contributed by atoms with Crippen LogP contribution in [0.2, 0.25) is 0 Å². The average molecular weight is 464 g/mol. The summed E-state index contributed by atoms with van der Waals surface area (Å²) in [6.45, 7) is 2.53. The van der Waals surface area contributed by atoms with Crippen molar-refractivity contribution in [3.05, 3.63) is 70.2 Å². The second kappa shape index (κ2) is 9.80. The molecule has 34 heavy (non-hydrogen) atoms. The number of hydrogen-bond acceptors (Lipinski definition) is 7.